The van der Waals surface area contributed by atoms with Crippen LogP contribution < -0.4 is 5.73 Å². The zero-order chi connectivity index (χ0) is 14.0. The molecule has 0 spiro atoms. The monoisotopic (exact) mass is 329 g/mol. The van der Waals surface area contributed by atoms with Crippen LogP contribution in [0.4, 0.5) is 9.18 Å². The van der Waals surface area contributed by atoms with Gasteiger partial charge in [0, 0.05) is 23.7 Å². The van der Waals surface area contributed by atoms with E-state index in [9.17, 15) is 9.18 Å². The van der Waals surface area contributed by atoms with Gasteiger partial charge in [-0.15, -0.1) is 0 Å². The Morgan fingerprint density at radius 2 is 2.32 bits per heavy atom. The van der Waals surface area contributed by atoms with Crippen LogP contribution in [0.25, 0.3) is 0 Å². The minimum Gasteiger partial charge on any atom is -0.385 e. The van der Waals surface area contributed by atoms with Crippen molar-refractivity contribution in [2.24, 2.45) is 10.7 Å². The van der Waals surface area contributed by atoms with Crippen LogP contribution in [0, 0.1) is 5.82 Å². The Kier molecular flexibility index (Phi) is 4.16. The molecule has 2 amide bonds. The average molecular weight is 330 g/mol. The lowest BCUT2D eigenvalue weighted by molar-refractivity contribution is 0.150. The Bertz CT molecular complexity index is 536. The van der Waals surface area contributed by atoms with Crippen LogP contribution in [0.1, 0.15) is 11.6 Å². The molecule has 19 heavy (non-hydrogen) atoms. The summed E-state index contributed by atoms with van der Waals surface area (Å²) in [7, 11) is 1.53. The molecule has 102 valence electrons. The van der Waals surface area contributed by atoms with E-state index in [1.54, 1.807) is 12.1 Å². The third-order valence-electron chi connectivity index (χ3n) is 2.86. The Morgan fingerprint density at radius 1 is 1.58 bits per heavy atom. The molecule has 7 heteroatoms. The van der Waals surface area contributed by atoms with E-state index in [4.69, 9.17) is 10.5 Å². The van der Waals surface area contributed by atoms with Gasteiger partial charge in [0.2, 0.25) is 0 Å². The van der Waals surface area contributed by atoms with Gasteiger partial charge in [-0.25, -0.2) is 9.18 Å². The van der Waals surface area contributed by atoms with Crippen molar-refractivity contribution in [1.82, 2.24) is 4.90 Å². The van der Waals surface area contributed by atoms with Crippen molar-refractivity contribution >= 4 is 27.8 Å². The summed E-state index contributed by atoms with van der Waals surface area (Å²) >= 11 is 3.19. The number of urea groups is 1. The van der Waals surface area contributed by atoms with E-state index in [0.29, 0.717) is 23.2 Å². The largest absolute Gasteiger partial charge is 0.385 e. The van der Waals surface area contributed by atoms with Crippen molar-refractivity contribution < 1.29 is 13.9 Å². The first-order valence-corrected chi connectivity index (χ1v) is 6.42. The summed E-state index contributed by atoms with van der Waals surface area (Å²) in [6.45, 7) is 0.642. The average Bonchev–Trinajstić information content (AvgIpc) is 2.62. The molecule has 1 aliphatic heterocycles. The lowest BCUT2D eigenvalue weighted by Crippen LogP contribution is -2.36. The van der Waals surface area contributed by atoms with Crippen LogP contribution in [0.15, 0.2) is 27.7 Å². The van der Waals surface area contributed by atoms with Gasteiger partial charge in [-0.1, -0.05) is 22.0 Å². The number of hydrogen-bond acceptors (Lipinski definition) is 3. The number of amides is 2. The van der Waals surface area contributed by atoms with Crippen LogP contribution in [-0.2, 0) is 4.74 Å². The molecule has 1 aliphatic rings. The lowest BCUT2D eigenvalue weighted by Gasteiger charge is -2.24. The summed E-state index contributed by atoms with van der Waals surface area (Å²) in [6, 6.07) is 3.48. The number of rotatable bonds is 4. The fraction of sp³-hybridized carbons (Fsp3) is 0.333. The van der Waals surface area contributed by atoms with E-state index in [-0.39, 0.29) is 5.84 Å². The molecule has 0 aliphatic carbocycles. The first kappa shape index (κ1) is 14.0. The standard InChI is InChI=1S/C12H13BrFN3O2/c1-19-5-4-17-10(11(15)16-12(17)18)8-3-2-7(13)6-9(8)14/h2-3,6,10H,4-5H2,1H3,(H2,15,16,18). The Morgan fingerprint density at radius 3 is 2.95 bits per heavy atom. The second kappa shape index (κ2) is 5.66. The Labute approximate surface area is 118 Å². The Balaban J connectivity index is 2.34. The molecule has 2 rings (SSSR count). The van der Waals surface area contributed by atoms with E-state index in [1.165, 1.54) is 18.1 Å². The van der Waals surface area contributed by atoms with Crippen molar-refractivity contribution in [2.45, 2.75) is 6.04 Å². The highest BCUT2D eigenvalue weighted by Crippen LogP contribution is 2.29. The molecule has 0 bridgehead atoms. The number of carbonyl (C=O) groups is 1. The number of halogens is 2. The number of amidine groups is 1. The van der Waals surface area contributed by atoms with Gasteiger partial charge >= 0.3 is 6.03 Å². The third-order valence-corrected chi connectivity index (χ3v) is 3.35. The van der Waals surface area contributed by atoms with E-state index in [2.05, 4.69) is 20.9 Å². The van der Waals surface area contributed by atoms with Gasteiger partial charge in [-0.05, 0) is 12.1 Å². The van der Waals surface area contributed by atoms with Crippen LogP contribution in [0.2, 0.25) is 0 Å². The minimum atomic E-state index is -0.671. The highest BCUT2D eigenvalue weighted by atomic mass is 79.9. The molecular weight excluding hydrogens is 317 g/mol. The first-order chi connectivity index (χ1) is 9.04. The molecule has 0 aromatic heterocycles. The second-order valence-corrected chi connectivity index (χ2v) is 4.99. The molecule has 1 aromatic carbocycles. The van der Waals surface area contributed by atoms with Crippen molar-refractivity contribution in [1.29, 1.82) is 0 Å². The molecule has 0 fully saturated rings. The second-order valence-electron chi connectivity index (χ2n) is 4.07. The van der Waals surface area contributed by atoms with E-state index in [1.807, 2.05) is 0 Å². The van der Waals surface area contributed by atoms with E-state index >= 15 is 0 Å². The van der Waals surface area contributed by atoms with E-state index < -0.39 is 17.9 Å². The Hall–Kier alpha value is -1.47. The summed E-state index contributed by atoms with van der Waals surface area (Å²) in [4.78, 5) is 16.8. The molecule has 1 heterocycles. The van der Waals surface area contributed by atoms with Crippen LogP contribution in [-0.4, -0.2) is 37.0 Å². The van der Waals surface area contributed by atoms with Gasteiger partial charge < -0.3 is 15.4 Å². The van der Waals surface area contributed by atoms with Crippen molar-refractivity contribution in [3.8, 4) is 0 Å². The predicted octanol–water partition coefficient (Wildman–Crippen LogP) is 2.07. The maximum Gasteiger partial charge on any atom is 0.346 e. The van der Waals surface area contributed by atoms with Gasteiger partial charge in [0.05, 0.1) is 6.61 Å². The van der Waals surface area contributed by atoms with Gasteiger partial charge in [0.15, 0.2) is 0 Å². The van der Waals surface area contributed by atoms with Gasteiger partial charge in [-0.3, -0.25) is 0 Å². The zero-order valence-electron chi connectivity index (χ0n) is 10.3. The number of aliphatic imine (C=N–C) groups is 1. The van der Waals surface area contributed by atoms with Gasteiger partial charge in [0.25, 0.3) is 0 Å². The number of hydrogen-bond donors (Lipinski definition) is 1. The van der Waals surface area contributed by atoms with Gasteiger partial charge in [0.1, 0.15) is 17.7 Å². The molecule has 1 atom stereocenters. The molecule has 0 saturated carbocycles. The predicted molar refractivity (Wildman–Crippen MR) is 72.4 cm³/mol. The van der Waals surface area contributed by atoms with Crippen LogP contribution >= 0.6 is 15.9 Å². The molecule has 0 radical (unpaired) electrons. The molecule has 1 aromatic rings. The third kappa shape index (κ3) is 2.76. The van der Waals surface area contributed by atoms with E-state index in [0.717, 1.165) is 0 Å². The summed E-state index contributed by atoms with van der Waals surface area (Å²) in [5, 5.41) is 0. The fourth-order valence-corrected chi connectivity index (χ4v) is 2.30. The summed E-state index contributed by atoms with van der Waals surface area (Å²) in [5.41, 5.74) is 6.06. The highest BCUT2D eigenvalue weighted by molar-refractivity contribution is 9.10. The SMILES string of the molecule is COCCN1C(=O)N=C(N)C1c1ccc(Br)cc1F. The van der Waals surface area contributed by atoms with Crippen LogP contribution in [0.5, 0.6) is 0 Å². The molecule has 2 N–H and O–H groups in total. The number of nitrogens with zero attached hydrogens (tertiary/aromatic N) is 2. The van der Waals surface area contributed by atoms with Gasteiger partial charge in [-0.2, -0.15) is 4.99 Å². The highest BCUT2D eigenvalue weighted by Gasteiger charge is 2.35. The van der Waals surface area contributed by atoms with Crippen LogP contribution in [0.3, 0.4) is 0 Å². The number of methoxy groups -OCH3 is 1. The number of ether oxygens (including phenoxy) is 1. The minimum absolute atomic E-state index is 0.0994. The number of carbonyl (C=O) groups excluding carboxylic acids is 1. The number of nitrogens with two attached hydrogens (primary N) is 1. The maximum atomic E-state index is 14.0. The fourth-order valence-electron chi connectivity index (χ4n) is 1.97. The molecular formula is C12H13BrFN3O2. The summed E-state index contributed by atoms with van der Waals surface area (Å²) < 4.78 is 19.5. The molecule has 0 saturated heterocycles. The van der Waals surface area contributed by atoms with Crippen molar-refractivity contribution in [3.05, 3.63) is 34.1 Å². The molecule has 5 nitrogen and oxygen atoms in total. The quantitative estimate of drug-likeness (QED) is 0.919. The van der Waals surface area contributed by atoms with Crippen molar-refractivity contribution in [2.75, 3.05) is 20.3 Å². The number of benzene rings is 1. The molecule has 1 unspecified atom stereocenters. The topological polar surface area (TPSA) is 67.9 Å². The van der Waals surface area contributed by atoms with Crippen molar-refractivity contribution in [3.63, 3.8) is 0 Å². The normalized spacial score (nSPS) is 18.9. The summed E-state index contributed by atoms with van der Waals surface area (Å²) in [5.74, 6) is -0.336. The lowest BCUT2D eigenvalue weighted by atomic mass is 10.0. The zero-order valence-corrected chi connectivity index (χ0v) is 11.9. The smallest absolute Gasteiger partial charge is 0.346 e. The first-order valence-electron chi connectivity index (χ1n) is 5.63. The summed E-state index contributed by atoms with van der Waals surface area (Å²) in [6.07, 6.45) is 0. The maximum absolute atomic E-state index is 14.0.